The molecule has 7 nitrogen and oxygen atoms in total. The molecule has 9 heteroatoms. The maximum absolute atomic E-state index is 11.7. The number of halogens is 1. The van der Waals surface area contributed by atoms with Gasteiger partial charge in [-0.2, -0.15) is 0 Å². The number of furan rings is 1. The first-order valence-corrected chi connectivity index (χ1v) is 7.83. The molecule has 0 aliphatic carbocycles. The summed E-state index contributed by atoms with van der Waals surface area (Å²) in [7, 11) is 0. The summed E-state index contributed by atoms with van der Waals surface area (Å²) in [6.07, 6.45) is 1.42. The Bertz CT molecular complexity index is 669. The largest absolute Gasteiger partial charge is 0.459 e. The fourth-order valence-electron chi connectivity index (χ4n) is 1.47. The van der Waals surface area contributed by atoms with Crippen molar-refractivity contribution in [1.82, 2.24) is 16.2 Å². The van der Waals surface area contributed by atoms with E-state index in [9.17, 15) is 14.4 Å². The second kappa shape index (κ2) is 7.76. The van der Waals surface area contributed by atoms with Crippen LogP contribution in [0.3, 0.4) is 0 Å². The molecule has 0 radical (unpaired) electrons. The molecule has 116 valence electrons. The van der Waals surface area contributed by atoms with E-state index in [0.717, 1.165) is 3.79 Å². The molecule has 0 saturated heterocycles. The Morgan fingerprint density at radius 1 is 1.14 bits per heavy atom. The van der Waals surface area contributed by atoms with E-state index in [-0.39, 0.29) is 18.7 Å². The molecule has 2 aromatic rings. The molecule has 0 atom stereocenters. The lowest BCUT2D eigenvalue weighted by Gasteiger charge is -2.06. The fourth-order valence-corrected chi connectivity index (χ4v) is 2.75. The molecule has 0 saturated carbocycles. The summed E-state index contributed by atoms with van der Waals surface area (Å²) in [4.78, 5) is 35.2. The fraction of sp³-hybridized carbons (Fsp3) is 0.154. The Balaban J connectivity index is 1.66. The Hall–Kier alpha value is -2.13. The molecular formula is C13H12BrN3O4S. The van der Waals surface area contributed by atoms with Gasteiger partial charge in [0.25, 0.3) is 11.8 Å². The molecule has 2 heterocycles. The minimum absolute atomic E-state index is 0.0286. The van der Waals surface area contributed by atoms with Crippen LogP contribution in [0, 0.1) is 0 Å². The Morgan fingerprint density at radius 2 is 1.95 bits per heavy atom. The van der Waals surface area contributed by atoms with Crippen molar-refractivity contribution in [2.45, 2.75) is 6.42 Å². The van der Waals surface area contributed by atoms with Crippen molar-refractivity contribution in [3.8, 4) is 0 Å². The summed E-state index contributed by atoms with van der Waals surface area (Å²) in [5, 5.41) is 2.53. The number of rotatable bonds is 5. The molecule has 0 aromatic carbocycles. The zero-order valence-electron chi connectivity index (χ0n) is 11.2. The van der Waals surface area contributed by atoms with E-state index in [4.69, 9.17) is 4.42 Å². The van der Waals surface area contributed by atoms with Crippen molar-refractivity contribution in [3.05, 3.63) is 45.0 Å². The maximum Gasteiger partial charge on any atom is 0.286 e. The average Bonchev–Trinajstić information content (AvgIpc) is 3.15. The smallest absolute Gasteiger partial charge is 0.286 e. The number of carbonyl (C=O) groups excluding carboxylic acids is 3. The zero-order valence-corrected chi connectivity index (χ0v) is 13.6. The van der Waals surface area contributed by atoms with Crippen molar-refractivity contribution in [3.63, 3.8) is 0 Å². The molecule has 3 N–H and O–H groups in total. The van der Waals surface area contributed by atoms with Crippen LogP contribution in [0.2, 0.25) is 0 Å². The second-order valence-electron chi connectivity index (χ2n) is 4.09. The van der Waals surface area contributed by atoms with Gasteiger partial charge in [0.2, 0.25) is 5.91 Å². The molecule has 3 amide bonds. The summed E-state index contributed by atoms with van der Waals surface area (Å²) >= 11 is 4.50. The SMILES string of the molecule is O=C(CCNC(=O)c1ccco1)NNC(=O)c1ccc(Br)s1. The highest BCUT2D eigenvalue weighted by atomic mass is 79.9. The zero-order chi connectivity index (χ0) is 15.9. The Morgan fingerprint density at radius 3 is 2.59 bits per heavy atom. The minimum Gasteiger partial charge on any atom is -0.459 e. The van der Waals surface area contributed by atoms with Gasteiger partial charge in [-0.3, -0.25) is 25.2 Å². The van der Waals surface area contributed by atoms with Crippen LogP contribution < -0.4 is 16.2 Å². The summed E-state index contributed by atoms with van der Waals surface area (Å²) in [6.45, 7) is 0.131. The Kier molecular flexibility index (Phi) is 5.73. The lowest BCUT2D eigenvalue weighted by Crippen LogP contribution is -2.42. The van der Waals surface area contributed by atoms with Gasteiger partial charge >= 0.3 is 0 Å². The third-order valence-corrected chi connectivity index (χ3v) is 4.12. The van der Waals surface area contributed by atoms with Crippen LogP contribution in [-0.2, 0) is 4.79 Å². The number of hydrogen-bond donors (Lipinski definition) is 3. The van der Waals surface area contributed by atoms with Crippen LogP contribution in [0.25, 0.3) is 0 Å². The van der Waals surface area contributed by atoms with Gasteiger partial charge in [-0.25, -0.2) is 0 Å². The van der Waals surface area contributed by atoms with Crippen molar-refractivity contribution >= 4 is 45.0 Å². The van der Waals surface area contributed by atoms with Crippen LogP contribution in [0.15, 0.2) is 38.7 Å². The van der Waals surface area contributed by atoms with Crippen molar-refractivity contribution in [2.75, 3.05) is 6.54 Å². The summed E-state index contributed by atoms with van der Waals surface area (Å²) < 4.78 is 5.73. The van der Waals surface area contributed by atoms with Crippen molar-refractivity contribution < 1.29 is 18.8 Å². The predicted octanol–water partition coefficient (Wildman–Crippen LogP) is 1.68. The number of thiophene rings is 1. The van der Waals surface area contributed by atoms with Crippen molar-refractivity contribution in [1.29, 1.82) is 0 Å². The van der Waals surface area contributed by atoms with Crippen LogP contribution in [0.5, 0.6) is 0 Å². The number of nitrogens with one attached hydrogen (secondary N) is 3. The maximum atomic E-state index is 11.7. The first-order valence-electron chi connectivity index (χ1n) is 6.22. The molecule has 0 unspecified atom stereocenters. The first kappa shape index (κ1) is 16.2. The van der Waals surface area contributed by atoms with Crippen LogP contribution in [-0.4, -0.2) is 24.3 Å². The molecule has 0 aliphatic heterocycles. The van der Waals surface area contributed by atoms with E-state index >= 15 is 0 Å². The van der Waals surface area contributed by atoms with E-state index in [1.54, 1.807) is 18.2 Å². The van der Waals surface area contributed by atoms with Gasteiger partial charge < -0.3 is 9.73 Å². The van der Waals surface area contributed by atoms with Crippen LogP contribution in [0.4, 0.5) is 0 Å². The van der Waals surface area contributed by atoms with E-state index in [1.807, 2.05) is 0 Å². The average molecular weight is 386 g/mol. The van der Waals surface area contributed by atoms with Gasteiger partial charge in [0.05, 0.1) is 14.9 Å². The number of amides is 3. The molecule has 0 fully saturated rings. The van der Waals surface area contributed by atoms with Crippen molar-refractivity contribution in [2.24, 2.45) is 0 Å². The number of hydrogen-bond acceptors (Lipinski definition) is 5. The quantitative estimate of drug-likeness (QED) is 0.681. The molecule has 0 spiro atoms. The highest BCUT2D eigenvalue weighted by Gasteiger charge is 2.11. The van der Waals surface area contributed by atoms with Gasteiger partial charge in [0, 0.05) is 13.0 Å². The van der Waals surface area contributed by atoms with Gasteiger partial charge in [-0.15, -0.1) is 11.3 Å². The van der Waals surface area contributed by atoms with Gasteiger partial charge in [-0.05, 0) is 40.2 Å². The lowest BCUT2D eigenvalue weighted by molar-refractivity contribution is -0.121. The molecule has 22 heavy (non-hydrogen) atoms. The summed E-state index contributed by atoms with van der Waals surface area (Å²) in [6, 6.07) is 6.50. The first-order chi connectivity index (χ1) is 10.6. The van der Waals surface area contributed by atoms with Gasteiger partial charge in [0.15, 0.2) is 5.76 Å². The third kappa shape index (κ3) is 4.71. The van der Waals surface area contributed by atoms with Crippen LogP contribution >= 0.6 is 27.3 Å². The summed E-state index contributed by atoms with van der Waals surface area (Å²) in [5.74, 6) is -1.03. The molecular weight excluding hydrogens is 374 g/mol. The molecule has 2 rings (SSSR count). The minimum atomic E-state index is -0.413. The highest BCUT2D eigenvalue weighted by molar-refractivity contribution is 9.11. The van der Waals surface area contributed by atoms with Gasteiger partial charge in [0.1, 0.15) is 0 Å². The van der Waals surface area contributed by atoms with E-state index in [2.05, 4.69) is 32.1 Å². The molecule has 0 bridgehead atoms. The Labute approximate surface area is 138 Å². The second-order valence-corrected chi connectivity index (χ2v) is 6.55. The predicted molar refractivity (Wildman–Crippen MR) is 83.3 cm³/mol. The molecule has 0 aliphatic rings. The van der Waals surface area contributed by atoms with E-state index < -0.39 is 17.7 Å². The van der Waals surface area contributed by atoms with Gasteiger partial charge in [-0.1, -0.05) is 0 Å². The lowest BCUT2D eigenvalue weighted by atomic mass is 10.3. The number of carbonyl (C=O) groups is 3. The van der Waals surface area contributed by atoms with E-state index in [1.165, 1.54) is 23.7 Å². The monoisotopic (exact) mass is 385 g/mol. The van der Waals surface area contributed by atoms with Crippen LogP contribution in [0.1, 0.15) is 26.6 Å². The van der Waals surface area contributed by atoms with E-state index in [0.29, 0.717) is 4.88 Å². The summed E-state index contributed by atoms with van der Waals surface area (Å²) in [5.41, 5.74) is 4.57. The normalized spacial score (nSPS) is 10.0. The highest BCUT2D eigenvalue weighted by Crippen LogP contribution is 2.21. The third-order valence-electron chi connectivity index (χ3n) is 2.50. The molecule has 2 aromatic heterocycles. The standard InChI is InChI=1S/C13H12BrN3O4S/c14-10-4-3-9(22-10)13(20)17-16-11(18)5-6-15-12(19)8-2-1-7-21-8/h1-4,7H,5-6H2,(H,15,19)(H,16,18)(H,17,20). The topological polar surface area (TPSA) is 100 Å². The number of hydrazine groups is 1.